The summed E-state index contributed by atoms with van der Waals surface area (Å²) < 4.78 is 0. The molecule has 0 bridgehead atoms. The summed E-state index contributed by atoms with van der Waals surface area (Å²) in [6.07, 6.45) is 3.32. The first-order valence-electron chi connectivity index (χ1n) is 9.23. The Morgan fingerprint density at radius 3 is 2.55 bits per heavy atom. The average Bonchev–Trinajstić information content (AvgIpc) is 3.16. The number of carbonyl (C=O) groups is 2. The number of unbranched alkanes of at least 4 members (excludes halogenated alkanes) is 1. The van der Waals surface area contributed by atoms with Gasteiger partial charge in [0.25, 0.3) is 5.91 Å². The van der Waals surface area contributed by atoms with Crippen molar-refractivity contribution in [1.29, 1.82) is 0 Å². The third kappa shape index (κ3) is 6.30. The smallest absolute Gasteiger partial charge is 0.321 e. The Morgan fingerprint density at radius 2 is 1.83 bits per heavy atom. The molecule has 0 atom stereocenters. The van der Waals surface area contributed by atoms with Gasteiger partial charge in [-0.3, -0.25) is 10.1 Å². The minimum Gasteiger partial charge on any atom is -0.321 e. The van der Waals surface area contributed by atoms with Crippen molar-refractivity contribution in [3.63, 3.8) is 0 Å². The van der Waals surface area contributed by atoms with E-state index in [2.05, 4.69) is 27.9 Å². The molecule has 0 radical (unpaired) electrons. The zero-order valence-electron chi connectivity index (χ0n) is 15.9. The van der Waals surface area contributed by atoms with Crippen LogP contribution in [0.15, 0.2) is 53.9 Å². The number of anilines is 3. The van der Waals surface area contributed by atoms with Gasteiger partial charge in [0, 0.05) is 21.8 Å². The minimum atomic E-state index is -0.462. The molecule has 3 aromatic rings. The van der Waals surface area contributed by atoms with E-state index in [-0.39, 0.29) is 11.6 Å². The molecule has 0 aliphatic rings. The number of benzene rings is 2. The van der Waals surface area contributed by atoms with E-state index in [0.717, 1.165) is 19.3 Å². The highest BCUT2D eigenvalue weighted by Gasteiger charge is 2.13. The van der Waals surface area contributed by atoms with Gasteiger partial charge in [0.2, 0.25) is 0 Å². The highest BCUT2D eigenvalue weighted by atomic mass is 35.5. The maximum absolute atomic E-state index is 12.4. The number of urea groups is 1. The van der Waals surface area contributed by atoms with Crippen LogP contribution in [0.3, 0.4) is 0 Å². The van der Waals surface area contributed by atoms with Gasteiger partial charge in [-0.25, -0.2) is 9.78 Å². The maximum atomic E-state index is 12.4. The van der Waals surface area contributed by atoms with Gasteiger partial charge in [0.15, 0.2) is 5.13 Å². The molecule has 0 saturated heterocycles. The van der Waals surface area contributed by atoms with Crippen LogP contribution in [0.4, 0.5) is 21.3 Å². The Kier molecular flexibility index (Phi) is 7.21. The van der Waals surface area contributed by atoms with Crippen molar-refractivity contribution in [2.24, 2.45) is 0 Å². The molecule has 2 aromatic carbocycles. The van der Waals surface area contributed by atoms with E-state index in [1.54, 1.807) is 29.6 Å². The van der Waals surface area contributed by atoms with Crippen molar-refractivity contribution < 1.29 is 9.59 Å². The lowest BCUT2D eigenvalue weighted by molar-refractivity contribution is 0.102. The monoisotopic (exact) mass is 428 g/mol. The summed E-state index contributed by atoms with van der Waals surface area (Å²) in [6.45, 7) is 2.16. The number of halogens is 1. The number of aromatic nitrogens is 1. The van der Waals surface area contributed by atoms with Crippen LogP contribution in [0.2, 0.25) is 5.02 Å². The number of hydrogen-bond acceptors (Lipinski definition) is 4. The summed E-state index contributed by atoms with van der Waals surface area (Å²) in [6, 6.07) is 14.1. The zero-order chi connectivity index (χ0) is 20.6. The van der Waals surface area contributed by atoms with Gasteiger partial charge >= 0.3 is 6.03 Å². The lowest BCUT2D eigenvalue weighted by atomic mass is 10.1. The summed E-state index contributed by atoms with van der Waals surface area (Å²) in [5, 5.41) is 10.5. The minimum absolute atomic E-state index is 0.239. The van der Waals surface area contributed by atoms with Crippen molar-refractivity contribution in [2.75, 3.05) is 16.0 Å². The number of thiazole rings is 1. The van der Waals surface area contributed by atoms with E-state index in [9.17, 15) is 9.59 Å². The summed E-state index contributed by atoms with van der Waals surface area (Å²) in [5.41, 5.74) is 2.75. The normalized spacial score (nSPS) is 10.4. The van der Waals surface area contributed by atoms with Crippen LogP contribution >= 0.6 is 22.9 Å². The van der Waals surface area contributed by atoms with Gasteiger partial charge in [0.05, 0.1) is 0 Å². The molecule has 3 N–H and O–H groups in total. The molecule has 3 amide bonds. The number of nitrogens with zero attached hydrogens (tertiary/aromatic N) is 1. The first-order valence-corrected chi connectivity index (χ1v) is 10.5. The first kappa shape index (κ1) is 20.8. The Balaban J connectivity index is 1.54. The van der Waals surface area contributed by atoms with Crippen LogP contribution in [-0.2, 0) is 6.42 Å². The number of hydrogen-bond donors (Lipinski definition) is 3. The summed E-state index contributed by atoms with van der Waals surface area (Å²) in [5.74, 6) is -0.328. The molecule has 0 saturated carbocycles. The second kappa shape index (κ2) is 10.0. The van der Waals surface area contributed by atoms with Crippen molar-refractivity contribution in [3.05, 3.63) is 70.2 Å². The Labute approximate surface area is 178 Å². The van der Waals surface area contributed by atoms with Crippen molar-refractivity contribution in [1.82, 2.24) is 4.98 Å². The van der Waals surface area contributed by atoms with E-state index >= 15 is 0 Å². The number of carbonyl (C=O) groups excluding carboxylic acids is 2. The fourth-order valence-corrected chi connectivity index (χ4v) is 3.47. The van der Waals surface area contributed by atoms with Gasteiger partial charge in [-0.2, -0.15) is 0 Å². The van der Waals surface area contributed by atoms with Crippen molar-refractivity contribution in [3.8, 4) is 0 Å². The average molecular weight is 429 g/mol. The number of rotatable bonds is 7. The largest absolute Gasteiger partial charge is 0.325 e. The summed E-state index contributed by atoms with van der Waals surface area (Å²) in [4.78, 5) is 28.6. The molecule has 0 fully saturated rings. The van der Waals surface area contributed by atoms with E-state index in [1.165, 1.54) is 16.9 Å². The highest BCUT2D eigenvalue weighted by molar-refractivity contribution is 7.14. The molecule has 6 nitrogen and oxygen atoms in total. The van der Waals surface area contributed by atoms with Crippen molar-refractivity contribution >= 4 is 51.4 Å². The van der Waals surface area contributed by atoms with Crippen LogP contribution in [0.1, 0.15) is 35.8 Å². The Hall–Kier alpha value is -2.90. The molecule has 29 heavy (non-hydrogen) atoms. The van der Waals surface area contributed by atoms with E-state index < -0.39 is 6.03 Å². The van der Waals surface area contributed by atoms with Crippen LogP contribution in [0.25, 0.3) is 0 Å². The Bertz CT molecular complexity index is 988. The standard InChI is InChI=1S/C21H21ClN4O2S/c1-2-3-5-14-8-10-16(11-9-14)23-19(27)18-13-29-21(25-18)26-20(28)24-17-7-4-6-15(22)12-17/h4,6-13H,2-3,5H2,1H3,(H,23,27)(H2,24,25,26,28). The molecule has 3 rings (SSSR count). The molecular formula is C21H21ClN4O2S. The second-order valence-corrected chi connectivity index (χ2v) is 7.68. The molecule has 0 unspecified atom stereocenters. The fourth-order valence-electron chi connectivity index (χ4n) is 2.59. The predicted octanol–water partition coefficient (Wildman–Crippen LogP) is 6.04. The lowest BCUT2D eigenvalue weighted by Gasteiger charge is -2.06. The number of aryl methyl sites for hydroxylation is 1. The molecular weight excluding hydrogens is 408 g/mol. The molecule has 0 aliphatic heterocycles. The summed E-state index contributed by atoms with van der Waals surface area (Å²) >= 11 is 7.07. The number of nitrogens with one attached hydrogen (secondary N) is 3. The van der Waals surface area contributed by atoms with Crippen LogP contribution < -0.4 is 16.0 Å². The summed E-state index contributed by atoms with van der Waals surface area (Å²) in [7, 11) is 0. The predicted molar refractivity (Wildman–Crippen MR) is 119 cm³/mol. The van der Waals surface area contributed by atoms with Crippen molar-refractivity contribution in [2.45, 2.75) is 26.2 Å². The quantitative estimate of drug-likeness (QED) is 0.429. The molecule has 1 heterocycles. The molecule has 150 valence electrons. The molecule has 0 spiro atoms. The number of amides is 3. The van der Waals surface area contributed by atoms with Gasteiger partial charge in [0.1, 0.15) is 5.69 Å². The highest BCUT2D eigenvalue weighted by Crippen LogP contribution is 2.19. The van der Waals surface area contributed by atoms with Gasteiger partial charge in [-0.15, -0.1) is 11.3 Å². The first-order chi connectivity index (χ1) is 14.0. The second-order valence-electron chi connectivity index (χ2n) is 6.38. The van der Waals surface area contributed by atoms with Gasteiger partial charge in [-0.05, 0) is 48.7 Å². The van der Waals surface area contributed by atoms with Crippen LogP contribution in [-0.4, -0.2) is 16.9 Å². The molecule has 1 aromatic heterocycles. The van der Waals surface area contributed by atoms with Crippen LogP contribution in [0.5, 0.6) is 0 Å². The lowest BCUT2D eigenvalue weighted by Crippen LogP contribution is -2.19. The van der Waals surface area contributed by atoms with Crippen LogP contribution in [0, 0.1) is 0 Å². The van der Waals surface area contributed by atoms with Gasteiger partial charge < -0.3 is 10.6 Å². The third-order valence-electron chi connectivity index (χ3n) is 4.07. The van der Waals surface area contributed by atoms with Gasteiger partial charge in [-0.1, -0.05) is 43.1 Å². The Morgan fingerprint density at radius 1 is 1.03 bits per heavy atom. The SMILES string of the molecule is CCCCc1ccc(NC(=O)c2csc(NC(=O)Nc3cccc(Cl)c3)n2)cc1. The fraction of sp³-hybridized carbons (Fsp3) is 0.190. The maximum Gasteiger partial charge on any atom is 0.325 e. The van der Waals surface area contributed by atoms with E-state index in [0.29, 0.717) is 21.5 Å². The van der Waals surface area contributed by atoms with E-state index in [1.807, 2.05) is 24.3 Å². The third-order valence-corrected chi connectivity index (χ3v) is 5.06. The molecule has 0 aliphatic carbocycles. The topological polar surface area (TPSA) is 83.1 Å². The van der Waals surface area contributed by atoms with E-state index in [4.69, 9.17) is 11.6 Å². The zero-order valence-corrected chi connectivity index (χ0v) is 17.4. The molecule has 8 heteroatoms.